The molecule has 4 heterocycles. The summed E-state index contributed by atoms with van der Waals surface area (Å²) in [5.74, 6) is 0. The molecule has 2 aliphatic heterocycles. The Labute approximate surface area is 660 Å². The number of rotatable bonds is 53. The first-order valence-electron chi connectivity index (χ1n) is 39.5. The summed E-state index contributed by atoms with van der Waals surface area (Å²) >= 11 is 0. The molecule has 2 fully saturated rings. The zero-order valence-corrected chi connectivity index (χ0v) is 64.4. The van der Waals surface area contributed by atoms with Crippen molar-refractivity contribution in [1.82, 2.24) is 39.8 Å². The molecule has 10 aromatic rings. The molecule has 0 saturated carbocycles. The van der Waals surface area contributed by atoms with Crippen LogP contribution in [0.3, 0.4) is 0 Å². The summed E-state index contributed by atoms with van der Waals surface area (Å²) in [4.78, 5) is 4.92. The average molecular weight is 1530 g/mol. The van der Waals surface area contributed by atoms with Gasteiger partial charge in [0.15, 0.2) is 0 Å². The first-order chi connectivity index (χ1) is 55.6. The van der Waals surface area contributed by atoms with Crippen LogP contribution in [-0.4, -0.2) is 194 Å². The van der Waals surface area contributed by atoms with E-state index in [9.17, 15) is 0 Å². The summed E-state index contributed by atoms with van der Waals surface area (Å²) in [7, 11) is 0. The maximum absolute atomic E-state index is 7.03. The number of benzene rings is 8. The van der Waals surface area contributed by atoms with Crippen LogP contribution in [0.25, 0.3) is 0 Å². The molecule has 22 heteroatoms. The largest absolute Gasteiger partial charge is 0.377 e. The third-order valence-electron chi connectivity index (χ3n) is 19.7. The molecule has 22 nitrogen and oxygen atoms in total. The van der Waals surface area contributed by atoms with Crippen LogP contribution in [0.1, 0.15) is 68.7 Å². The van der Waals surface area contributed by atoms with Crippen LogP contribution in [0.5, 0.6) is 0 Å². The van der Waals surface area contributed by atoms with Gasteiger partial charge in [0, 0.05) is 39.3 Å². The lowest BCUT2D eigenvalue weighted by molar-refractivity contribution is -0.210. The Hall–Kier alpha value is -8.60. The van der Waals surface area contributed by atoms with Gasteiger partial charge in [0.05, 0.1) is 182 Å². The number of hydrogen-bond acceptors (Lipinski definition) is 20. The minimum absolute atomic E-state index is 0.144. The van der Waals surface area contributed by atoms with Crippen molar-refractivity contribution >= 4 is 0 Å². The summed E-state index contributed by atoms with van der Waals surface area (Å²) in [6, 6.07) is 82.1. The van der Waals surface area contributed by atoms with Gasteiger partial charge >= 0.3 is 0 Å². The van der Waals surface area contributed by atoms with Gasteiger partial charge in [-0.3, -0.25) is 19.2 Å². The molecule has 112 heavy (non-hydrogen) atoms. The maximum atomic E-state index is 7.03. The fourth-order valence-electron chi connectivity index (χ4n) is 13.9. The van der Waals surface area contributed by atoms with Gasteiger partial charge in [-0.1, -0.05) is 253 Å². The van der Waals surface area contributed by atoms with E-state index in [4.69, 9.17) is 66.3 Å². The van der Waals surface area contributed by atoms with Crippen molar-refractivity contribution in [3.05, 3.63) is 311 Å². The molecule has 0 unspecified atom stereocenters. The smallest absolute Gasteiger partial charge is 0.113 e. The number of aromatic nitrogens is 6. The summed E-state index contributed by atoms with van der Waals surface area (Å²) in [6.07, 6.45) is 3.34. The number of aryl methyl sites for hydroxylation is 2. The molecule has 594 valence electrons. The predicted molar refractivity (Wildman–Crippen MR) is 425 cm³/mol. The normalized spacial score (nSPS) is 18.8. The van der Waals surface area contributed by atoms with E-state index < -0.39 is 0 Å². The van der Waals surface area contributed by atoms with Crippen LogP contribution in [0.15, 0.2) is 255 Å². The zero-order chi connectivity index (χ0) is 76.3. The van der Waals surface area contributed by atoms with E-state index in [0.29, 0.717) is 172 Å². The Morgan fingerprint density at radius 2 is 0.500 bits per heavy atom. The minimum Gasteiger partial charge on any atom is -0.377 e. The molecule has 0 N–H and O–H groups in total. The number of nitrogens with zero attached hydrogens (tertiary/aromatic N) is 8. The Balaban J connectivity index is 0.520. The highest BCUT2D eigenvalue weighted by Crippen LogP contribution is 2.32. The highest BCUT2D eigenvalue weighted by Gasteiger charge is 2.48. The van der Waals surface area contributed by atoms with E-state index in [-0.39, 0.29) is 48.7 Å². The molecule has 2 aliphatic rings. The molecular formula is C90H110N8O14. The van der Waals surface area contributed by atoms with Crippen molar-refractivity contribution in [3.63, 3.8) is 0 Å². The standard InChI is InChI=1S/C90H110N8O14/c1-9-27-73(28-10-1)61-105-71-83-87(109-65-77-35-17-5-18-36-77)89(111-67-79-39-21-7-22-40-79)85(107-63-75-31-13-3-14-32-75)59-95(83)43-25-45-97-57-81(91-93-97)69-103-55-53-101-51-49-99-47-48-100-50-52-102-54-56-104-70-82-58-98(94-92-82)46-26-44-96-60-86(108-64-76-33-15-4-16-34-76)90(112-68-80-41-23-8-24-42-80)88(110-66-78-37-19-6-20-38-78)84(96)72-106-62-74-29-11-2-12-30-74/h1-24,27-42,57-58,83-90H,25-26,43-56,59-72H2/t83-,84-,85+,86+,87-,88-,89-,90-/m1/s1. The van der Waals surface area contributed by atoms with E-state index >= 15 is 0 Å². The van der Waals surface area contributed by atoms with Crippen molar-refractivity contribution < 1.29 is 66.3 Å². The second-order valence-corrected chi connectivity index (χ2v) is 28.0. The van der Waals surface area contributed by atoms with Crippen LogP contribution < -0.4 is 0 Å². The van der Waals surface area contributed by atoms with Gasteiger partial charge in [0.2, 0.25) is 0 Å². The van der Waals surface area contributed by atoms with Crippen LogP contribution in [0.2, 0.25) is 0 Å². The maximum Gasteiger partial charge on any atom is 0.113 e. The number of piperidine rings is 2. The number of likely N-dealkylation sites (tertiary alicyclic amines) is 2. The van der Waals surface area contributed by atoms with Gasteiger partial charge in [-0.25, -0.2) is 0 Å². The van der Waals surface area contributed by atoms with E-state index in [1.54, 1.807) is 0 Å². The van der Waals surface area contributed by atoms with E-state index in [1.165, 1.54) is 0 Å². The monoisotopic (exact) mass is 1530 g/mol. The first kappa shape index (κ1) is 82.8. The van der Waals surface area contributed by atoms with Crippen molar-refractivity contribution in [3.8, 4) is 0 Å². The molecule has 0 amide bonds. The van der Waals surface area contributed by atoms with E-state index in [1.807, 2.05) is 167 Å². The molecule has 2 saturated heterocycles. The van der Waals surface area contributed by atoms with Crippen LogP contribution >= 0.6 is 0 Å². The number of ether oxygens (including phenoxy) is 14. The molecule has 8 aromatic carbocycles. The predicted octanol–water partition coefficient (Wildman–Crippen LogP) is 12.8. The van der Waals surface area contributed by atoms with Crippen molar-refractivity contribution in [2.75, 3.05) is 105 Å². The molecule has 8 atom stereocenters. The third-order valence-corrected chi connectivity index (χ3v) is 19.7. The van der Waals surface area contributed by atoms with Crippen molar-refractivity contribution in [2.24, 2.45) is 0 Å². The Kier molecular flexibility index (Phi) is 35.8. The second kappa shape index (κ2) is 48.5. The van der Waals surface area contributed by atoms with Gasteiger partial charge < -0.3 is 66.3 Å². The molecule has 0 radical (unpaired) electrons. The molecule has 0 aliphatic carbocycles. The second-order valence-electron chi connectivity index (χ2n) is 28.0. The molecule has 2 aromatic heterocycles. The lowest BCUT2D eigenvalue weighted by Gasteiger charge is -2.48. The van der Waals surface area contributed by atoms with Crippen LogP contribution in [0.4, 0.5) is 0 Å². The minimum atomic E-state index is -0.388. The van der Waals surface area contributed by atoms with Gasteiger partial charge in [-0.15, -0.1) is 10.2 Å². The van der Waals surface area contributed by atoms with Crippen LogP contribution in [-0.2, 0) is 145 Å². The first-order valence-corrected chi connectivity index (χ1v) is 39.5. The van der Waals surface area contributed by atoms with E-state index in [2.05, 4.69) is 127 Å². The van der Waals surface area contributed by atoms with E-state index in [0.717, 1.165) is 81.8 Å². The Bertz CT molecular complexity index is 3800. The van der Waals surface area contributed by atoms with Gasteiger partial charge in [-0.05, 0) is 57.3 Å². The summed E-state index contributed by atoms with van der Waals surface area (Å²) < 4.78 is 93.6. The molecule has 0 spiro atoms. The highest BCUT2D eigenvalue weighted by atomic mass is 16.6. The molecule has 0 bridgehead atoms. The van der Waals surface area contributed by atoms with Crippen LogP contribution in [0, 0.1) is 0 Å². The fraction of sp³-hybridized carbons (Fsp3) is 0.422. The SMILES string of the molecule is c1ccc(COC[C@@H]2[C@@H](OCc3ccccc3)[C@H](OCc3ccccc3)[C@@H](OCc3ccccc3)CN2CCCn2cc(COCCOCCOCCOCCOCCOCc3cn(CCCN4C[C@H](OCc5ccccc5)[C@@H](OCc5ccccc5)[C@H](OCc5ccccc5)[C@H]4COCc4ccccc4)nn3)nn2)cc1. The summed E-state index contributed by atoms with van der Waals surface area (Å²) in [6.45, 7) is 13.4. The average Bonchev–Trinajstić information content (AvgIpc) is 0.822. The zero-order valence-electron chi connectivity index (χ0n) is 64.4. The third kappa shape index (κ3) is 28.8. The topological polar surface area (TPSA) is 197 Å². The van der Waals surface area contributed by atoms with Gasteiger partial charge in [-0.2, -0.15) is 0 Å². The van der Waals surface area contributed by atoms with Gasteiger partial charge in [0.25, 0.3) is 0 Å². The fourth-order valence-corrected chi connectivity index (χ4v) is 13.9. The van der Waals surface area contributed by atoms with Gasteiger partial charge in [0.1, 0.15) is 35.8 Å². The summed E-state index contributed by atoms with van der Waals surface area (Å²) in [5.41, 5.74) is 10.3. The Morgan fingerprint density at radius 3 is 0.786 bits per heavy atom. The molecule has 12 rings (SSSR count). The summed E-state index contributed by atoms with van der Waals surface area (Å²) in [5, 5.41) is 17.8. The quantitative estimate of drug-likeness (QED) is 0.0326. The highest BCUT2D eigenvalue weighted by molar-refractivity contribution is 5.20. The lowest BCUT2D eigenvalue weighted by Crippen LogP contribution is -2.64. The molecular weight excluding hydrogens is 1420 g/mol. The lowest BCUT2D eigenvalue weighted by atomic mass is 9.92. The van der Waals surface area contributed by atoms with Crippen molar-refractivity contribution in [1.29, 1.82) is 0 Å². The number of hydrogen-bond donors (Lipinski definition) is 0. The Morgan fingerprint density at radius 1 is 0.250 bits per heavy atom. The van der Waals surface area contributed by atoms with Crippen molar-refractivity contribution in [2.45, 2.75) is 141 Å².